The van der Waals surface area contributed by atoms with Gasteiger partial charge in [-0.25, -0.2) is 8.42 Å². The molecule has 0 radical (unpaired) electrons. The van der Waals surface area contributed by atoms with Gasteiger partial charge in [-0.05, 0) is 54.6 Å². The summed E-state index contributed by atoms with van der Waals surface area (Å²) in [6.07, 6.45) is 1.52. The first-order chi connectivity index (χ1) is 12.9. The normalized spacial score (nSPS) is 17.5. The molecule has 27 heavy (non-hydrogen) atoms. The van der Waals surface area contributed by atoms with Crippen molar-refractivity contribution in [3.05, 3.63) is 64.5 Å². The second-order valence-electron chi connectivity index (χ2n) is 5.93. The highest BCUT2D eigenvalue weighted by Gasteiger charge is 2.31. The third kappa shape index (κ3) is 4.90. The fourth-order valence-electron chi connectivity index (χ4n) is 2.73. The van der Waals surface area contributed by atoms with Gasteiger partial charge in [0.15, 0.2) is 16.4 Å². The monoisotopic (exact) mass is 451 g/mol. The first-order valence-corrected chi connectivity index (χ1v) is 10.6. The molecule has 0 aliphatic carbocycles. The number of benzene rings is 2. The number of rotatable bonds is 6. The highest BCUT2D eigenvalue weighted by Crippen LogP contribution is 2.25. The fraction of sp³-hybridized carbons (Fsp3) is 0.211. The molecule has 1 unspecified atom stereocenters. The molecule has 0 bridgehead atoms. The number of methoxy groups -OCH3 is 1. The maximum Gasteiger partial charge on any atom is 0.265 e. The van der Waals surface area contributed by atoms with Crippen LogP contribution in [0.2, 0.25) is 0 Å². The van der Waals surface area contributed by atoms with Crippen LogP contribution in [0.15, 0.2) is 64.5 Å². The van der Waals surface area contributed by atoms with Crippen molar-refractivity contribution in [2.45, 2.75) is 6.04 Å². The van der Waals surface area contributed by atoms with Crippen molar-refractivity contribution in [2.75, 3.05) is 24.4 Å². The summed E-state index contributed by atoms with van der Waals surface area (Å²) in [5.74, 6) is 0.709. The molecule has 0 aromatic heterocycles. The Morgan fingerprint density at radius 2 is 1.74 bits per heavy atom. The lowest BCUT2D eigenvalue weighted by Crippen LogP contribution is -2.43. The van der Waals surface area contributed by atoms with Crippen molar-refractivity contribution in [2.24, 2.45) is 0 Å². The van der Waals surface area contributed by atoms with Crippen LogP contribution in [-0.4, -0.2) is 39.8 Å². The smallest absolute Gasteiger partial charge is 0.265 e. The maximum absolute atomic E-state index is 12.9. The predicted octanol–water partition coefficient (Wildman–Crippen LogP) is 3.18. The Labute approximate surface area is 166 Å². The highest BCUT2D eigenvalue weighted by atomic mass is 79.9. The largest absolute Gasteiger partial charge is 0.497 e. The van der Waals surface area contributed by atoms with Gasteiger partial charge in [-0.1, -0.05) is 15.9 Å². The number of halogens is 1. The topological polar surface area (TPSA) is 72.9 Å². The van der Waals surface area contributed by atoms with E-state index < -0.39 is 15.9 Å². The molecule has 2 aromatic rings. The zero-order valence-electron chi connectivity index (χ0n) is 14.5. The van der Waals surface area contributed by atoms with Gasteiger partial charge < -0.3 is 14.4 Å². The maximum atomic E-state index is 12.9. The van der Waals surface area contributed by atoms with Gasteiger partial charge in [-0.2, -0.15) is 0 Å². The van der Waals surface area contributed by atoms with Crippen LogP contribution in [0, 0.1) is 0 Å². The third-order valence-corrected chi connectivity index (χ3v) is 5.94. The van der Waals surface area contributed by atoms with Gasteiger partial charge in [-0.3, -0.25) is 4.79 Å². The molecule has 3 rings (SSSR count). The van der Waals surface area contributed by atoms with Crippen LogP contribution in [0.1, 0.15) is 0 Å². The Hall–Kier alpha value is -2.32. The first-order valence-electron chi connectivity index (χ1n) is 8.13. The van der Waals surface area contributed by atoms with E-state index in [2.05, 4.69) is 15.9 Å². The van der Waals surface area contributed by atoms with E-state index in [0.29, 0.717) is 17.2 Å². The molecule has 1 aliphatic heterocycles. The minimum Gasteiger partial charge on any atom is -0.497 e. The molecule has 6 nitrogen and oxygen atoms in total. The molecule has 0 saturated carbocycles. The predicted molar refractivity (Wildman–Crippen MR) is 107 cm³/mol. The van der Waals surface area contributed by atoms with E-state index in [4.69, 9.17) is 9.47 Å². The van der Waals surface area contributed by atoms with Gasteiger partial charge in [0, 0.05) is 15.6 Å². The second kappa shape index (κ2) is 8.14. The van der Waals surface area contributed by atoms with Crippen molar-refractivity contribution >= 4 is 37.4 Å². The average molecular weight is 452 g/mol. The summed E-state index contributed by atoms with van der Waals surface area (Å²) >= 11 is 3.34. The summed E-state index contributed by atoms with van der Waals surface area (Å²) in [5, 5.41) is 1.15. The van der Waals surface area contributed by atoms with Crippen molar-refractivity contribution in [3.8, 4) is 11.5 Å². The summed E-state index contributed by atoms with van der Waals surface area (Å²) in [6.45, 7) is -0.210. The molecule has 1 heterocycles. The molecule has 142 valence electrons. The molecule has 0 N–H and O–H groups in total. The van der Waals surface area contributed by atoms with Crippen LogP contribution in [0.3, 0.4) is 0 Å². The molecule has 8 heteroatoms. The third-order valence-electron chi connectivity index (χ3n) is 4.04. The van der Waals surface area contributed by atoms with Crippen molar-refractivity contribution < 1.29 is 22.7 Å². The van der Waals surface area contributed by atoms with Crippen LogP contribution in [0.4, 0.5) is 5.69 Å². The van der Waals surface area contributed by atoms with Crippen molar-refractivity contribution in [1.82, 2.24) is 0 Å². The number of carbonyl (C=O) groups excluding carboxylic acids is 1. The van der Waals surface area contributed by atoms with Crippen molar-refractivity contribution in [3.63, 3.8) is 0 Å². The highest BCUT2D eigenvalue weighted by molar-refractivity contribution is 9.10. The van der Waals surface area contributed by atoms with Crippen LogP contribution >= 0.6 is 15.9 Å². The molecule has 1 atom stereocenters. The van der Waals surface area contributed by atoms with E-state index in [9.17, 15) is 13.2 Å². The van der Waals surface area contributed by atoms with Gasteiger partial charge >= 0.3 is 0 Å². The summed E-state index contributed by atoms with van der Waals surface area (Å²) in [7, 11) is -1.76. The standard InChI is InChI=1S/C19H18BrNO5S/c1-25-17-8-4-15(5-9-17)21(16-10-11-27(23,24)13-16)19(22)12-26-18-6-2-14(20)3-7-18/h2-11,16H,12-13H2,1H3. The molecule has 1 amide bonds. The summed E-state index contributed by atoms with van der Waals surface area (Å²) in [5.41, 5.74) is 0.576. The van der Waals surface area contributed by atoms with Crippen LogP contribution in [0.25, 0.3) is 0 Å². The molecule has 0 spiro atoms. The lowest BCUT2D eigenvalue weighted by atomic mass is 10.2. The lowest BCUT2D eigenvalue weighted by molar-refractivity contribution is -0.120. The fourth-order valence-corrected chi connectivity index (χ4v) is 4.26. The van der Waals surface area contributed by atoms with Crippen molar-refractivity contribution in [1.29, 1.82) is 0 Å². The Morgan fingerprint density at radius 1 is 1.11 bits per heavy atom. The van der Waals surface area contributed by atoms with E-state index in [1.54, 1.807) is 43.5 Å². The minimum atomic E-state index is -3.31. The van der Waals surface area contributed by atoms with E-state index in [-0.39, 0.29) is 18.3 Å². The molecule has 1 aliphatic rings. The Bertz CT molecular complexity index is 939. The quantitative estimate of drug-likeness (QED) is 0.674. The van der Waals surface area contributed by atoms with Gasteiger partial charge in [0.25, 0.3) is 5.91 Å². The molecule has 0 saturated heterocycles. The Morgan fingerprint density at radius 3 is 2.30 bits per heavy atom. The first kappa shape index (κ1) is 19.4. The number of sulfone groups is 1. The number of anilines is 1. The van der Waals surface area contributed by atoms with Gasteiger partial charge in [-0.15, -0.1) is 0 Å². The number of carbonyl (C=O) groups is 1. The zero-order valence-corrected chi connectivity index (χ0v) is 16.9. The molecule has 2 aromatic carbocycles. The molecular weight excluding hydrogens is 434 g/mol. The van der Waals surface area contributed by atoms with E-state index >= 15 is 0 Å². The number of hydrogen-bond donors (Lipinski definition) is 0. The van der Waals surface area contributed by atoms with Crippen LogP contribution in [0.5, 0.6) is 11.5 Å². The van der Waals surface area contributed by atoms with E-state index in [1.165, 1.54) is 11.0 Å². The number of amides is 1. The summed E-state index contributed by atoms with van der Waals surface area (Å²) in [4.78, 5) is 14.3. The van der Waals surface area contributed by atoms with Gasteiger partial charge in [0.2, 0.25) is 0 Å². The van der Waals surface area contributed by atoms with Gasteiger partial charge in [0.05, 0.1) is 18.9 Å². The van der Waals surface area contributed by atoms with Crippen LogP contribution in [-0.2, 0) is 14.6 Å². The zero-order chi connectivity index (χ0) is 19.4. The molecule has 0 fully saturated rings. The molecular formula is C19H18BrNO5S. The van der Waals surface area contributed by atoms with Gasteiger partial charge in [0.1, 0.15) is 11.5 Å². The minimum absolute atomic E-state index is 0.150. The second-order valence-corrected chi connectivity index (χ2v) is 8.78. The number of nitrogens with zero attached hydrogens (tertiary/aromatic N) is 1. The Kier molecular flexibility index (Phi) is 5.86. The van der Waals surface area contributed by atoms with E-state index in [1.807, 2.05) is 12.1 Å². The van der Waals surface area contributed by atoms with Crippen LogP contribution < -0.4 is 14.4 Å². The average Bonchev–Trinajstić information content (AvgIpc) is 3.01. The SMILES string of the molecule is COc1ccc(N(C(=O)COc2ccc(Br)cc2)C2C=CS(=O)(=O)C2)cc1. The summed E-state index contributed by atoms with van der Waals surface area (Å²) in [6, 6.07) is 13.4. The Balaban J connectivity index is 1.80. The van der Waals surface area contributed by atoms with E-state index in [0.717, 1.165) is 9.88 Å². The summed E-state index contributed by atoms with van der Waals surface area (Å²) < 4.78 is 35.3. The number of hydrogen-bond acceptors (Lipinski definition) is 5. The number of ether oxygens (including phenoxy) is 2. The lowest BCUT2D eigenvalue weighted by Gasteiger charge is -2.27.